The highest BCUT2D eigenvalue weighted by molar-refractivity contribution is 6.16. The summed E-state index contributed by atoms with van der Waals surface area (Å²) in [6.45, 7) is 0. The largest absolute Gasteiger partial charge is 0.456 e. The van der Waals surface area contributed by atoms with E-state index in [1.165, 1.54) is 49.9 Å². The maximum absolute atomic E-state index is 6.57. The maximum atomic E-state index is 6.57. The minimum atomic E-state index is -0.578. The van der Waals surface area contributed by atoms with Gasteiger partial charge in [0.15, 0.2) is 0 Å². The third-order valence-electron chi connectivity index (χ3n) is 14.6. The molecule has 70 heavy (non-hydrogen) atoms. The van der Waals surface area contributed by atoms with Crippen molar-refractivity contribution in [2.45, 2.75) is 5.41 Å². The minimum absolute atomic E-state index is 0.578. The zero-order valence-corrected chi connectivity index (χ0v) is 38.2. The summed E-state index contributed by atoms with van der Waals surface area (Å²) >= 11 is 0. The van der Waals surface area contributed by atoms with Crippen LogP contribution in [0.2, 0.25) is 0 Å². The van der Waals surface area contributed by atoms with Gasteiger partial charge in [0.1, 0.15) is 11.2 Å². The molecule has 3 heteroatoms. The zero-order chi connectivity index (χ0) is 46.2. The van der Waals surface area contributed by atoms with Crippen LogP contribution < -0.4 is 9.80 Å². The highest BCUT2D eigenvalue weighted by Crippen LogP contribution is 2.65. The number of anilines is 6. The van der Waals surface area contributed by atoms with Crippen molar-refractivity contribution >= 4 is 56.1 Å². The van der Waals surface area contributed by atoms with Crippen LogP contribution in [-0.2, 0) is 5.41 Å². The van der Waals surface area contributed by atoms with Crippen molar-refractivity contribution in [3.05, 3.63) is 289 Å². The summed E-state index contributed by atoms with van der Waals surface area (Å²) in [5, 5.41) is 2.31. The van der Waals surface area contributed by atoms with E-state index in [-0.39, 0.29) is 0 Å². The monoisotopic (exact) mass is 892 g/mol. The van der Waals surface area contributed by atoms with Gasteiger partial charge in [-0.05, 0) is 134 Å². The summed E-state index contributed by atoms with van der Waals surface area (Å²) in [5.41, 5.74) is 22.4. The number of hydrogen-bond acceptors (Lipinski definition) is 3. The Labute approximate surface area is 407 Å². The predicted octanol–water partition coefficient (Wildman–Crippen LogP) is 18.2. The Morgan fingerprint density at radius 3 is 1.56 bits per heavy atom. The van der Waals surface area contributed by atoms with E-state index in [4.69, 9.17) is 4.42 Å². The van der Waals surface area contributed by atoms with Crippen LogP contribution in [-0.4, -0.2) is 0 Å². The number of furan rings is 1. The summed E-state index contributed by atoms with van der Waals surface area (Å²) in [6, 6.07) is 97.3. The van der Waals surface area contributed by atoms with Gasteiger partial charge in [-0.3, -0.25) is 0 Å². The van der Waals surface area contributed by atoms with E-state index in [2.05, 4.69) is 277 Å². The van der Waals surface area contributed by atoms with Gasteiger partial charge in [-0.15, -0.1) is 0 Å². The molecule has 3 nitrogen and oxygen atoms in total. The van der Waals surface area contributed by atoms with Crippen molar-refractivity contribution in [1.82, 2.24) is 0 Å². The van der Waals surface area contributed by atoms with Crippen LogP contribution in [0.15, 0.2) is 271 Å². The molecular weight excluding hydrogens is 849 g/mol. The highest BCUT2D eigenvalue weighted by atomic mass is 16.3. The van der Waals surface area contributed by atoms with E-state index in [1.54, 1.807) is 0 Å². The van der Waals surface area contributed by atoms with Gasteiger partial charge in [0, 0.05) is 44.8 Å². The summed E-state index contributed by atoms with van der Waals surface area (Å²) < 4.78 is 6.57. The molecule has 328 valence electrons. The second-order valence-electron chi connectivity index (χ2n) is 18.4. The van der Waals surface area contributed by atoms with E-state index in [0.29, 0.717) is 0 Å². The van der Waals surface area contributed by atoms with Crippen molar-refractivity contribution in [3.8, 4) is 44.5 Å². The molecule has 1 aromatic heterocycles. The minimum Gasteiger partial charge on any atom is -0.456 e. The van der Waals surface area contributed by atoms with E-state index >= 15 is 0 Å². The molecule has 1 heterocycles. The molecule has 0 saturated heterocycles. The first-order chi connectivity index (χ1) is 34.7. The Morgan fingerprint density at radius 2 is 0.829 bits per heavy atom. The van der Waals surface area contributed by atoms with E-state index in [9.17, 15) is 0 Å². The molecule has 0 aliphatic heterocycles. The molecule has 0 radical (unpaired) electrons. The Kier molecular flexibility index (Phi) is 9.11. The lowest BCUT2D eigenvalue weighted by Gasteiger charge is -2.33. The first-order valence-corrected chi connectivity index (χ1v) is 24.1. The fraction of sp³-hybridized carbons (Fsp3) is 0.0149. The number of rotatable bonds is 8. The quantitative estimate of drug-likeness (QED) is 0.152. The standard InChI is InChI=1S/C67H44N2O/c1-5-21-45(22-6-1)47-41-51(43-52(42-47)69(49-27-11-4-12-28-49)62-35-19-15-29-53(62)46-23-7-2-8-24-46)68(48-25-9-3-10-26-48)50-37-38-55-54-30-13-17-33-58(54)67(61(55)44-50)59-34-18-14-31-56(59)65-60(67)39-40-64-66(65)57-32-16-20-36-63(57)70-64/h1-44H. The summed E-state index contributed by atoms with van der Waals surface area (Å²) in [6.07, 6.45) is 0. The Bertz CT molecular complexity index is 3950. The van der Waals surface area contributed by atoms with Crippen LogP contribution in [0, 0.1) is 0 Å². The second-order valence-corrected chi connectivity index (χ2v) is 18.4. The van der Waals surface area contributed by atoms with Crippen LogP contribution in [0.5, 0.6) is 0 Å². The van der Waals surface area contributed by atoms with Gasteiger partial charge in [0.25, 0.3) is 0 Å². The zero-order valence-electron chi connectivity index (χ0n) is 38.2. The van der Waals surface area contributed by atoms with Crippen LogP contribution in [0.3, 0.4) is 0 Å². The normalized spacial score (nSPS) is 14.1. The van der Waals surface area contributed by atoms with Crippen molar-refractivity contribution in [1.29, 1.82) is 0 Å². The smallest absolute Gasteiger partial charge is 0.136 e. The van der Waals surface area contributed by atoms with Gasteiger partial charge in [0.2, 0.25) is 0 Å². The third kappa shape index (κ3) is 6.01. The average molecular weight is 893 g/mol. The molecule has 1 atom stereocenters. The molecule has 12 aromatic rings. The molecule has 14 rings (SSSR count). The Hall–Kier alpha value is -9.18. The van der Waals surface area contributed by atoms with Gasteiger partial charge < -0.3 is 14.2 Å². The highest BCUT2D eigenvalue weighted by Gasteiger charge is 2.52. The molecule has 0 amide bonds. The second kappa shape index (κ2) is 16.0. The number of fused-ring (bicyclic) bond motifs is 14. The van der Waals surface area contributed by atoms with Crippen molar-refractivity contribution in [2.24, 2.45) is 0 Å². The van der Waals surface area contributed by atoms with Gasteiger partial charge in [-0.25, -0.2) is 0 Å². The Morgan fingerprint density at radius 1 is 0.286 bits per heavy atom. The fourth-order valence-corrected chi connectivity index (χ4v) is 11.8. The Balaban J connectivity index is 1.04. The number of nitrogens with zero attached hydrogens (tertiary/aromatic N) is 2. The van der Waals surface area contributed by atoms with Crippen LogP contribution in [0.4, 0.5) is 34.1 Å². The molecule has 1 unspecified atom stereocenters. The molecule has 2 aliphatic carbocycles. The van der Waals surface area contributed by atoms with Crippen LogP contribution in [0.1, 0.15) is 22.3 Å². The number of para-hydroxylation sites is 4. The van der Waals surface area contributed by atoms with Crippen LogP contribution >= 0.6 is 0 Å². The van der Waals surface area contributed by atoms with Crippen molar-refractivity contribution < 1.29 is 4.42 Å². The molecular formula is C67H44N2O. The predicted molar refractivity (Wildman–Crippen MR) is 290 cm³/mol. The SMILES string of the molecule is c1ccc(-c2cc(N(c3ccccc3)c3ccc4c(c3)C3(c5ccccc5-4)c4ccccc4-c4c3ccc3oc5ccccc5c43)cc(N(c3ccccc3)c3ccccc3-c3ccccc3)c2)cc1. The van der Waals surface area contributed by atoms with Gasteiger partial charge >= 0.3 is 0 Å². The molecule has 0 bridgehead atoms. The van der Waals surface area contributed by atoms with Gasteiger partial charge in [-0.1, -0.05) is 194 Å². The lowest BCUT2D eigenvalue weighted by molar-refractivity contribution is 0.668. The molecule has 11 aromatic carbocycles. The van der Waals surface area contributed by atoms with Gasteiger partial charge in [0.05, 0.1) is 11.1 Å². The van der Waals surface area contributed by atoms with Crippen molar-refractivity contribution in [3.63, 3.8) is 0 Å². The molecule has 0 N–H and O–H groups in total. The fourth-order valence-electron chi connectivity index (χ4n) is 11.8. The first kappa shape index (κ1) is 39.9. The summed E-state index contributed by atoms with van der Waals surface area (Å²) in [5.74, 6) is 0. The van der Waals surface area contributed by atoms with Crippen LogP contribution in [0.25, 0.3) is 66.4 Å². The molecule has 0 saturated carbocycles. The van der Waals surface area contributed by atoms with E-state index in [0.717, 1.165) is 72.9 Å². The summed E-state index contributed by atoms with van der Waals surface area (Å²) in [4.78, 5) is 4.87. The first-order valence-electron chi connectivity index (χ1n) is 24.1. The number of benzene rings is 11. The average Bonchev–Trinajstić information content (AvgIpc) is 4.06. The van der Waals surface area contributed by atoms with E-state index < -0.39 is 5.41 Å². The van der Waals surface area contributed by atoms with Gasteiger partial charge in [-0.2, -0.15) is 0 Å². The molecule has 1 spiro atoms. The van der Waals surface area contributed by atoms with E-state index in [1.807, 2.05) is 0 Å². The maximum Gasteiger partial charge on any atom is 0.136 e. The number of hydrogen-bond donors (Lipinski definition) is 0. The molecule has 2 aliphatic rings. The summed E-state index contributed by atoms with van der Waals surface area (Å²) in [7, 11) is 0. The third-order valence-corrected chi connectivity index (χ3v) is 14.6. The topological polar surface area (TPSA) is 19.6 Å². The molecule has 0 fully saturated rings. The lowest BCUT2D eigenvalue weighted by atomic mass is 9.70. The van der Waals surface area contributed by atoms with Crippen molar-refractivity contribution in [2.75, 3.05) is 9.80 Å². The lowest BCUT2D eigenvalue weighted by Crippen LogP contribution is -2.26.